The number of carbonyl (C=O) groups is 2. The number of carboxylic acids is 1. The second kappa shape index (κ2) is 4.68. The monoisotopic (exact) mass is 299 g/mol. The first-order chi connectivity index (χ1) is 10.6. The van der Waals surface area contributed by atoms with E-state index in [0.29, 0.717) is 0 Å². The number of hydrogen-bond donors (Lipinski definition) is 1. The molecule has 5 nitrogen and oxygen atoms in total. The summed E-state index contributed by atoms with van der Waals surface area (Å²) in [5.41, 5.74) is 2.03. The Morgan fingerprint density at radius 2 is 1.86 bits per heavy atom. The van der Waals surface area contributed by atoms with Crippen LogP contribution in [0.3, 0.4) is 0 Å². The molecule has 1 aromatic rings. The molecule has 1 saturated heterocycles. The summed E-state index contributed by atoms with van der Waals surface area (Å²) in [6.45, 7) is 2.00. The molecule has 0 aromatic heterocycles. The van der Waals surface area contributed by atoms with Gasteiger partial charge in [-0.05, 0) is 25.0 Å². The highest BCUT2D eigenvalue weighted by Crippen LogP contribution is 2.43. The first-order valence-electron chi connectivity index (χ1n) is 7.55. The third kappa shape index (κ3) is 1.75. The van der Waals surface area contributed by atoms with Crippen molar-refractivity contribution in [1.82, 2.24) is 0 Å². The number of fused-ring (bicyclic) bond motifs is 3. The Hall–Kier alpha value is -2.14. The highest BCUT2D eigenvalue weighted by atomic mass is 16.5. The van der Waals surface area contributed by atoms with Gasteiger partial charge in [-0.2, -0.15) is 0 Å². The second-order valence-corrected chi connectivity index (χ2v) is 6.23. The first-order valence-corrected chi connectivity index (χ1v) is 7.55. The van der Waals surface area contributed by atoms with Crippen molar-refractivity contribution in [3.63, 3.8) is 0 Å². The number of benzene rings is 1. The Kier molecular flexibility index (Phi) is 2.87. The lowest BCUT2D eigenvalue weighted by molar-refractivity contribution is -0.146. The molecule has 3 aliphatic rings. The van der Waals surface area contributed by atoms with Gasteiger partial charge in [0.1, 0.15) is 5.92 Å². The van der Waals surface area contributed by atoms with Gasteiger partial charge in [0.15, 0.2) is 0 Å². The number of anilines is 1. The molecule has 1 aromatic carbocycles. The maximum Gasteiger partial charge on any atom is 0.310 e. The van der Waals surface area contributed by atoms with Crippen molar-refractivity contribution >= 4 is 17.6 Å². The van der Waals surface area contributed by atoms with Crippen molar-refractivity contribution in [3.05, 3.63) is 42.0 Å². The number of carboxylic acid groups (broad SMARTS) is 1. The van der Waals surface area contributed by atoms with Gasteiger partial charge in [0.05, 0.1) is 18.1 Å². The van der Waals surface area contributed by atoms with Gasteiger partial charge in [0.2, 0.25) is 5.91 Å². The van der Waals surface area contributed by atoms with E-state index in [9.17, 15) is 14.7 Å². The van der Waals surface area contributed by atoms with Crippen molar-refractivity contribution in [2.45, 2.75) is 31.6 Å². The summed E-state index contributed by atoms with van der Waals surface area (Å²) in [4.78, 5) is 26.4. The topological polar surface area (TPSA) is 66.8 Å². The number of para-hydroxylation sites is 1. The van der Waals surface area contributed by atoms with E-state index in [1.165, 1.54) is 0 Å². The van der Waals surface area contributed by atoms with E-state index in [2.05, 4.69) is 0 Å². The van der Waals surface area contributed by atoms with Gasteiger partial charge in [-0.3, -0.25) is 9.59 Å². The molecule has 1 fully saturated rings. The van der Waals surface area contributed by atoms with Crippen LogP contribution in [-0.4, -0.2) is 35.2 Å². The van der Waals surface area contributed by atoms with Crippen LogP contribution in [0.4, 0.5) is 5.69 Å². The molecule has 5 heteroatoms. The lowest BCUT2D eigenvalue weighted by Gasteiger charge is -2.29. The fourth-order valence-corrected chi connectivity index (χ4v) is 3.96. The van der Waals surface area contributed by atoms with Crippen molar-refractivity contribution in [2.75, 3.05) is 4.90 Å². The van der Waals surface area contributed by atoms with Crippen molar-refractivity contribution in [2.24, 2.45) is 11.8 Å². The molecule has 0 radical (unpaired) electrons. The molecule has 0 aliphatic carbocycles. The molecular weight excluding hydrogens is 282 g/mol. The number of amides is 1. The minimum absolute atomic E-state index is 0.0439. The number of ether oxygens (including phenoxy) is 1. The Labute approximate surface area is 128 Å². The third-order valence-electron chi connectivity index (χ3n) is 4.91. The van der Waals surface area contributed by atoms with Crippen molar-refractivity contribution in [1.29, 1.82) is 0 Å². The number of carbonyl (C=O) groups excluding carboxylic acids is 1. The van der Waals surface area contributed by atoms with Crippen LogP contribution in [0, 0.1) is 11.8 Å². The highest BCUT2D eigenvalue weighted by Gasteiger charge is 2.55. The second-order valence-electron chi connectivity index (χ2n) is 6.23. The zero-order valence-corrected chi connectivity index (χ0v) is 12.2. The van der Waals surface area contributed by atoms with Crippen LogP contribution in [0.25, 0.3) is 0 Å². The summed E-state index contributed by atoms with van der Waals surface area (Å²) >= 11 is 0. The fraction of sp³-hybridized carbons (Fsp3) is 0.412. The molecule has 1 amide bonds. The van der Waals surface area contributed by atoms with Crippen LogP contribution in [-0.2, 0) is 20.7 Å². The predicted molar refractivity (Wildman–Crippen MR) is 79.5 cm³/mol. The van der Waals surface area contributed by atoms with E-state index < -0.39 is 30.0 Å². The van der Waals surface area contributed by atoms with E-state index >= 15 is 0 Å². The molecule has 0 unspecified atom stereocenters. The van der Waals surface area contributed by atoms with Gasteiger partial charge in [-0.1, -0.05) is 30.4 Å². The van der Waals surface area contributed by atoms with E-state index in [0.717, 1.165) is 17.7 Å². The first kappa shape index (κ1) is 13.5. The molecule has 22 heavy (non-hydrogen) atoms. The maximum absolute atomic E-state index is 13.1. The number of nitrogens with zero attached hydrogens (tertiary/aromatic N) is 1. The standard InChI is InChI=1S/C17H17NO4/c1-9-8-10-4-2-3-5-11(10)18(9)16(19)14-12-6-7-13(22-12)15(14)17(20)21/h2-7,9,12-15H,8H2,1H3,(H,20,21)/t9-,12+,13+,14-,15+/m1/s1. The van der Waals surface area contributed by atoms with Crippen LogP contribution in [0.1, 0.15) is 12.5 Å². The molecular formula is C17H17NO4. The average Bonchev–Trinajstić information content (AvgIpc) is 3.17. The quantitative estimate of drug-likeness (QED) is 0.843. The Morgan fingerprint density at radius 1 is 1.18 bits per heavy atom. The Morgan fingerprint density at radius 3 is 2.59 bits per heavy atom. The summed E-state index contributed by atoms with van der Waals surface area (Å²) in [5.74, 6) is -2.53. The van der Waals surface area contributed by atoms with E-state index in [-0.39, 0.29) is 11.9 Å². The molecule has 5 atom stereocenters. The Balaban J connectivity index is 1.70. The summed E-state index contributed by atoms with van der Waals surface area (Å²) in [6.07, 6.45) is 3.48. The number of aliphatic carboxylic acids is 1. The Bertz CT molecular complexity index is 683. The molecule has 2 bridgehead atoms. The molecule has 0 spiro atoms. The summed E-state index contributed by atoms with van der Waals surface area (Å²) < 4.78 is 5.62. The van der Waals surface area contributed by atoms with Gasteiger partial charge in [-0.15, -0.1) is 0 Å². The smallest absolute Gasteiger partial charge is 0.310 e. The van der Waals surface area contributed by atoms with Crippen LogP contribution < -0.4 is 4.90 Å². The zero-order chi connectivity index (χ0) is 15.4. The third-order valence-corrected chi connectivity index (χ3v) is 4.91. The van der Waals surface area contributed by atoms with E-state index in [1.807, 2.05) is 37.3 Å². The molecule has 1 N–H and O–H groups in total. The largest absolute Gasteiger partial charge is 0.481 e. The molecule has 114 valence electrons. The normalized spacial score (nSPS) is 35.0. The molecule has 4 rings (SSSR count). The van der Waals surface area contributed by atoms with Crippen LogP contribution in [0.2, 0.25) is 0 Å². The average molecular weight is 299 g/mol. The van der Waals surface area contributed by atoms with Crippen LogP contribution in [0.15, 0.2) is 36.4 Å². The van der Waals surface area contributed by atoms with E-state index in [1.54, 1.807) is 11.0 Å². The number of rotatable bonds is 2. The molecule has 0 saturated carbocycles. The molecule has 3 aliphatic heterocycles. The minimum Gasteiger partial charge on any atom is -0.481 e. The van der Waals surface area contributed by atoms with Gasteiger partial charge < -0.3 is 14.7 Å². The molecule has 3 heterocycles. The minimum atomic E-state index is -0.963. The predicted octanol–water partition coefficient (Wildman–Crippen LogP) is 1.62. The summed E-state index contributed by atoms with van der Waals surface area (Å²) in [5, 5.41) is 9.47. The van der Waals surface area contributed by atoms with Crippen LogP contribution in [0.5, 0.6) is 0 Å². The van der Waals surface area contributed by atoms with Gasteiger partial charge in [0, 0.05) is 11.7 Å². The lowest BCUT2D eigenvalue weighted by Crippen LogP contribution is -2.47. The summed E-state index contributed by atoms with van der Waals surface area (Å²) in [6, 6.07) is 7.86. The van der Waals surface area contributed by atoms with Crippen molar-refractivity contribution < 1.29 is 19.4 Å². The maximum atomic E-state index is 13.1. The number of hydrogen-bond acceptors (Lipinski definition) is 3. The fourth-order valence-electron chi connectivity index (χ4n) is 3.96. The van der Waals surface area contributed by atoms with Crippen molar-refractivity contribution in [3.8, 4) is 0 Å². The SMILES string of the molecule is C[C@@H]1Cc2ccccc2N1C(=O)[C@H]1[C@@H](C(=O)O)[C@@H]2C=C[C@@H]1O2. The van der Waals surface area contributed by atoms with Gasteiger partial charge in [-0.25, -0.2) is 0 Å². The zero-order valence-electron chi connectivity index (χ0n) is 12.2. The lowest BCUT2D eigenvalue weighted by atomic mass is 9.82. The van der Waals surface area contributed by atoms with E-state index in [4.69, 9.17) is 4.74 Å². The van der Waals surface area contributed by atoms with Gasteiger partial charge in [0.25, 0.3) is 0 Å². The van der Waals surface area contributed by atoms with Crippen LogP contribution >= 0.6 is 0 Å². The summed E-state index contributed by atoms with van der Waals surface area (Å²) in [7, 11) is 0. The highest BCUT2D eigenvalue weighted by molar-refractivity contribution is 6.00. The van der Waals surface area contributed by atoms with Gasteiger partial charge >= 0.3 is 5.97 Å².